The Balaban J connectivity index is 1.77. The summed E-state index contributed by atoms with van der Waals surface area (Å²) in [5.41, 5.74) is 0. The molecule has 122 valence electrons. The summed E-state index contributed by atoms with van der Waals surface area (Å²) in [5, 5.41) is 13.0. The van der Waals surface area contributed by atoms with E-state index in [2.05, 4.69) is 49.9 Å². The average Bonchev–Trinajstić information content (AvgIpc) is 3.05. The summed E-state index contributed by atoms with van der Waals surface area (Å²) >= 11 is 4.97. The maximum Gasteiger partial charge on any atom is 0.190 e. The van der Waals surface area contributed by atoms with Gasteiger partial charge in [0.05, 0.1) is 6.54 Å². The number of aromatic nitrogens is 3. The molecule has 0 amide bonds. The molecule has 0 radical (unpaired) electrons. The van der Waals surface area contributed by atoms with Gasteiger partial charge in [-0.05, 0) is 53.2 Å². The first-order valence-electron chi connectivity index (χ1n) is 7.51. The molecule has 0 aliphatic rings. The van der Waals surface area contributed by atoms with E-state index in [1.54, 1.807) is 11.8 Å². The van der Waals surface area contributed by atoms with Crippen molar-refractivity contribution < 1.29 is 4.42 Å². The van der Waals surface area contributed by atoms with Crippen LogP contribution >= 0.6 is 27.7 Å². The zero-order valence-corrected chi connectivity index (χ0v) is 15.7. The smallest absolute Gasteiger partial charge is 0.190 e. The number of aryl methyl sites for hydroxylation is 1. The summed E-state index contributed by atoms with van der Waals surface area (Å²) < 4.78 is 8.48. The molecule has 2 heterocycles. The standard InChI is InChI=1S/C15H23BrN4OS/c1-11(2)10-20-14(18-19-15(20)22-3)5-4-8-17-9-12-6-7-13(16)21-12/h6-7,11,17H,4-5,8-10H2,1-3H3. The maximum atomic E-state index is 5.45. The van der Waals surface area contributed by atoms with Crippen molar-refractivity contribution in [3.05, 3.63) is 28.4 Å². The van der Waals surface area contributed by atoms with Crippen molar-refractivity contribution in [1.29, 1.82) is 0 Å². The summed E-state index contributed by atoms with van der Waals surface area (Å²) in [7, 11) is 0. The molecule has 2 rings (SSSR count). The monoisotopic (exact) mass is 386 g/mol. The molecular weight excluding hydrogens is 364 g/mol. The Bertz CT molecular complexity index is 582. The molecule has 0 saturated heterocycles. The van der Waals surface area contributed by atoms with E-state index >= 15 is 0 Å². The van der Waals surface area contributed by atoms with Crippen molar-refractivity contribution in [2.75, 3.05) is 12.8 Å². The van der Waals surface area contributed by atoms with Gasteiger partial charge in [-0.25, -0.2) is 0 Å². The Hall–Kier alpha value is -0.790. The van der Waals surface area contributed by atoms with Crippen molar-refractivity contribution in [2.24, 2.45) is 5.92 Å². The van der Waals surface area contributed by atoms with Crippen molar-refractivity contribution in [3.63, 3.8) is 0 Å². The second kappa shape index (κ2) is 8.74. The predicted octanol–water partition coefficient (Wildman–Crippen LogP) is 3.73. The summed E-state index contributed by atoms with van der Waals surface area (Å²) in [5.74, 6) is 2.62. The molecule has 0 bridgehead atoms. The molecule has 0 spiro atoms. The minimum atomic E-state index is 0.594. The molecular formula is C15H23BrN4OS. The lowest BCUT2D eigenvalue weighted by Crippen LogP contribution is -2.16. The van der Waals surface area contributed by atoms with Crippen LogP contribution in [-0.2, 0) is 19.5 Å². The van der Waals surface area contributed by atoms with Crippen molar-refractivity contribution in [1.82, 2.24) is 20.1 Å². The van der Waals surface area contributed by atoms with E-state index in [9.17, 15) is 0 Å². The fourth-order valence-electron chi connectivity index (χ4n) is 2.23. The number of halogens is 1. The van der Waals surface area contributed by atoms with E-state index in [4.69, 9.17) is 4.42 Å². The van der Waals surface area contributed by atoms with Gasteiger partial charge in [0.2, 0.25) is 0 Å². The highest BCUT2D eigenvalue weighted by atomic mass is 79.9. The summed E-state index contributed by atoms with van der Waals surface area (Å²) in [6, 6.07) is 3.89. The van der Waals surface area contributed by atoms with E-state index in [-0.39, 0.29) is 0 Å². The van der Waals surface area contributed by atoms with E-state index in [0.717, 1.165) is 53.9 Å². The normalized spacial score (nSPS) is 11.5. The molecule has 7 heteroatoms. The van der Waals surface area contributed by atoms with Crippen LogP contribution in [0.5, 0.6) is 0 Å². The number of nitrogens with one attached hydrogen (secondary N) is 1. The minimum absolute atomic E-state index is 0.594. The Morgan fingerprint density at radius 3 is 2.82 bits per heavy atom. The van der Waals surface area contributed by atoms with E-state index in [0.29, 0.717) is 5.92 Å². The predicted molar refractivity (Wildman–Crippen MR) is 93.1 cm³/mol. The van der Waals surface area contributed by atoms with Gasteiger partial charge >= 0.3 is 0 Å². The van der Waals surface area contributed by atoms with Gasteiger partial charge < -0.3 is 14.3 Å². The lowest BCUT2D eigenvalue weighted by atomic mass is 10.2. The van der Waals surface area contributed by atoms with Crippen LogP contribution in [0.3, 0.4) is 0 Å². The van der Waals surface area contributed by atoms with Crippen LogP contribution in [-0.4, -0.2) is 27.6 Å². The van der Waals surface area contributed by atoms with E-state index in [1.165, 1.54) is 0 Å². The number of hydrogen-bond donors (Lipinski definition) is 1. The highest BCUT2D eigenvalue weighted by molar-refractivity contribution is 9.10. The van der Waals surface area contributed by atoms with Gasteiger partial charge in [0.15, 0.2) is 9.83 Å². The Morgan fingerprint density at radius 1 is 1.36 bits per heavy atom. The van der Waals surface area contributed by atoms with Gasteiger partial charge in [0.25, 0.3) is 0 Å². The highest BCUT2D eigenvalue weighted by Crippen LogP contribution is 2.17. The van der Waals surface area contributed by atoms with Crippen molar-refractivity contribution in [2.45, 2.75) is 44.9 Å². The zero-order chi connectivity index (χ0) is 15.9. The number of rotatable bonds is 9. The molecule has 0 aliphatic heterocycles. The average molecular weight is 387 g/mol. The first-order chi connectivity index (χ1) is 10.6. The maximum absolute atomic E-state index is 5.45. The van der Waals surface area contributed by atoms with Gasteiger partial charge in [0, 0.05) is 13.0 Å². The third kappa shape index (κ3) is 5.14. The second-order valence-corrected chi connectivity index (χ2v) is 7.15. The topological polar surface area (TPSA) is 55.9 Å². The molecule has 1 N–H and O–H groups in total. The van der Waals surface area contributed by atoms with E-state index in [1.807, 2.05) is 18.4 Å². The SMILES string of the molecule is CSc1nnc(CCCNCc2ccc(Br)o2)n1CC(C)C. The van der Waals surface area contributed by atoms with Gasteiger partial charge in [-0.3, -0.25) is 0 Å². The fraction of sp³-hybridized carbons (Fsp3) is 0.600. The summed E-state index contributed by atoms with van der Waals surface area (Å²) in [4.78, 5) is 0. The van der Waals surface area contributed by atoms with E-state index < -0.39 is 0 Å². The van der Waals surface area contributed by atoms with Gasteiger partial charge in [0.1, 0.15) is 11.6 Å². The Kier molecular flexibility index (Phi) is 6.98. The molecule has 0 aromatic carbocycles. The summed E-state index contributed by atoms with van der Waals surface area (Å²) in [6.07, 6.45) is 4.02. The molecule has 2 aromatic heterocycles. The zero-order valence-electron chi connectivity index (χ0n) is 13.3. The third-order valence-corrected chi connectivity index (χ3v) is 4.30. The molecule has 0 fully saturated rings. The van der Waals surface area contributed by atoms with Gasteiger partial charge in [-0.1, -0.05) is 25.6 Å². The van der Waals surface area contributed by atoms with Crippen LogP contribution in [0.1, 0.15) is 31.9 Å². The lowest BCUT2D eigenvalue weighted by molar-refractivity contribution is 0.458. The van der Waals surface area contributed by atoms with Crippen LogP contribution in [0, 0.1) is 5.92 Å². The van der Waals surface area contributed by atoms with Crippen LogP contribution in [0.15, 0.2) is 26.4 Å². The van der Waals surface area contributed by atoms with Crippen molar-refractivity contribution in [3.8, 4) is 0 Å². The fourth-order valence-corrected chi connectivity index (χ4v) is 3.10. The first kappa shape index (κ1) is 17.6. The first-order valence-corrected chi connectivity index (χ1v) is 9.53. The van der Waals surface area contributed by atoms with Gasteiger partial charge in [-0.2, -0.15) is 0 Å². The van der Waals surface area contributed by atoms with Crippen molar-refractivity contribution >= 4 is 27.7 Å². The quantitative estimate of drug-likeness (QED) is 0.525. The lowest BCUT2D eigenvalue weighted by Gasteiger charge is -2.11. The summed E-state index contributed by atoms with van der Waals surface area (Å²) in [6.45, 7) is 7.10. The second-order valence-electron chi connectivity index (χ2n) is 5.59. The molecule has 22 heavy (non-hydrogen) atoms. The van der Waals surface area contributed by atoms with Gasteiger partial charge in [-0.15, -0.1) is 10.2 Å². The third-order valence-electron chi connectivity index (χ3n) is 3.21. The molecule has 0 saturated carbocycles. The van der Waals surface area contributed by atoms with Crippen LogP contribution in [0.25, 0.3) is 0 Å². The largest absolute Gasteiger partial charge is 0.453 e. The number of thioether (sulfide) groups is 1. The Morgan fingerprint density at radius 2 is 2.18 bits per heavy atom. The molecule has 2 aromatic rings. The molecule has 0 atom stereocenters. The number of hydrogen-bond acceptors (Lipinski definition) is 5. The van der Waals surface area contributed by atoms with Crippen LogP contribution in [0.4, 0.5) is 0 Å². The molecule has 0 unspecified atom stereocenters. The number of nitrogens with zero attached hydrogens (tertiary/aromatic N) is 3. The van der Waals surface area contributed by atoms with Crippen LogP contribution in [0.2, 0.25) is 0 Å². The molecule has 5 nitrogen and oxygen atoms in total. The Labute approximate surface area is 144 Å². The number of furan rings is 1. The highest BCUT2D eigenvalue weighted by Gasteiger charge is 2.12. The minimum Gasteiger partial charge on any atom is -0.453 e. The van der Waals surface area contributed by atoms with Crippen LogP contribution < -0.4 is 5.32 Å². The molecule has 0 aliphatic carbocycles.